The minimum Gasteiger partial charge on any atom is -0.508 e. The molecule has 0 fully saturated rings. The number of phenolic OH excluding ortho intramolecular Hbond substituents is 2. The molecule has 0 radical (unpaired) electrons. The SMILES string of the molecule is CCC[PH](=O)Oc1cc(O)cc(O)c1. The Morgan fingerprint density at radius 2 is 1.86 bits per heavy atom. The molecule has 0 aromatic heterocycles. The highest BCUT2D eigenvalue weighted by atomic mass is 31.1. The molecule has 1 aromatic carbocycles. The maximum Gasteiger partial charge on any atom is 0.236 e. The Labute approximate surface area is 83.0 Å². The lowest BCUT2D eigenvalue weighted by Gasteiger charge is -2.05. The zero-order chi connectivity index (χ0) is 10.6. The van der Waals surface area contributed by atoms with Crippen LogP contribution in [0.5, 0.6) is 17.2 Å². The van der Waals surface area contributed by atoms with Gasteiger partial charge in [0.15, 0.2) is 0 Å². The Bertz CT molecular complexity index is 317. The highest BCUT2D eigenvalue weighted by Crippen LogP contribution is 2.32. The van der Waals surface area contributed by atoms with E-state index in [0.29, 0.717) is 6.16 Å². The van der Waals surface area contributed by atoms with Gasteiger partial charge in [-0.3, -0.25) is 4.57 Å². The van der Waals surface area contributed by atoms with E-state index in [9.17, 15) is 4.57 Å². The number of phenols is 2. The minimum absolute atomic E-state index is 0.105. The summed E-state index contributed by atoms with van der Waals surface area (Å²) in [5.74, 6) is 0.0254. The summed E-state index contributed by atoms with van der Waals surface area (Å²) in [5.41, 5.74) is 0. The first-order valence-corrected chi connectivity index (χ1v) is 5.88. The van der Waals surface area contributed by atoms with E-state index < -0.39 is 8.03 Å². The number of benzene rings is 1. The number of rotatable bonds is 4. The van der Waals surface area contributed by atoms with Crippen molar-refractivity contribution in [1.82, 2.24) is 0 Å². The van der Waals surface area contributed by atoms with Crippen molar-refractivity contribution in [2.24, 2.45) is 0 Å². The summed E-state index contributed by atoms with van der Waals surface area (Å²) in [6.45, 7) is 1.91. The Balaban J connectivity index is 2.71. The molecule has 14 heavy (non-hydrogen) atoms. The Morgan fingerprint density at radius 1 is 1.29 bits per heavy atom. The van der Waals surface area contributed by atoms with Crippen molar-refractivity contribution < 1.29 is 19.3 Å². The van der Waals surface area contributed by atoms with Crippen LogP contribution in [0.3, 0.4) is 0 Å². The molecule has 0 bridgehead atoms. The van der Waals surface area contributed by atoms with Gasteiger partial charge >= 0.3 is 0 Å². The van der Waals surface area contributed by atoms with E-state index in [2.05, 4.69) is 0 Å². The van der Waals surface area contributed by atoms with E-state index in [0.717, 1.165) is 6.42 Å². The van der Waals surface area contributed by atoms with E-state index >= 15 is 0 Å². The normalized spacial score (nSPS) is 12.4. The van der Waals surface area contributed by atoms with Crippen LogP contribution in [0.2, 0.25) is 0 Å². The third-order valence-corrected chi connectivity index (χ3v) is 2.93. The fourth-order valence-corrected chi connectivity index (χ4v) is 1.90. The van der Waals surface area contributed by atoms with E-state index in [1.54, 1.807) is 0 Å². The summed E-state index contributed by atoms with van der Waals surface area (Å²) in [7, 11) is -2.10. The van der Waals surface area contributed by atoms with E-state index in [1.165, 1.54) is 18.2 Å². The molecule has 1 atom stereocenters. The molecular formula is C9H13O4P. The molecular weight excluding hydrogens is 203 g/mol. The van der Waals surface area contributed by atoms with Crippen molar-refractivity contribution >= 4 is 8.03 Å². The summed E-state index contributed by atoms with van der Waals surface area (Å²) in [5, 5.41) is 18.2. The standard InChI is InChI=1S/C9H13O4P/c1-2-3-14(12)13-9-5-7(10)4-8(11)6-9/h4-6,10-11,14H,2-3H2,1H3. The fraction of sp³-hybridized carbons (Fsp3) is 0.333. The van der Waals surface area contributed by atoms with Crippen LogP contribution in [0.4, 0.5) is 0 Å². The molecule has 1 aromatic rings. The van der Waals surface area contributed by atoms with Crippen molar-refractivity contribution in [2.45, 2.75) is 13.3 Å². The van der Waals surface area contributed by atoms with Crippen molar-refractivity contribution in [3.05, 3.63) is 18.2 Å². The fourth-order valence-electron chi connectivity index (χ4n) is 1.01. The molecule has 1 unspecified atom stereocenters. The molecule has 0 aliphatic carbocycles. The Kier molecular flexibility index (Phi) is 3.84. The van der Waals surface area contributed by atoms with Crippen molar-refractivity contribution in [3.63, 3.8) is 0 Å². The lowest BCUT2D eigenvalue weighted by atomic mass is 10.3. The van der Waals surface area contributed by atoms with Crippen LogP contribution in [-0.4, -0.2) is 16.4 Å². The zero-order valence-electron chi connectivity index (χ0n) is 7.86. The number of hydrogen-bond donors (Lipinski definition) is 2. The first-order chi connectivity index (χ1) is 6.61. The highest BCUT2D eigenvalue weighted by molar-refractivity contribution is 7.39. The summed E-state index contributed by atoms with van der Waals surface area (Å²) in [6.07, 6.45) is 1.28. The van der Waals surface area contributed by atoms with Crippen molar-refractivity contribution in [2.75, 3.05) is 6.16 Å². The molecule has 5 heteroatoms. The van der Waals surface area contributed by atoms with Gasteiger partial charge < -0.3 is 14.7 Å². The average molecular weight is 216 g/mol. The van der Waals surface area contributed by atoms with Crippen LogP contribution >= 0.6 is 8.03 Å². The second-order valence-corrected chi connectivity index (χ2v) is 4.36. The number of hydrogen-bond acceptors (Lipinski definition) is 4. The van der Waals surface area contributed by atoms with Gasteiger partial charge in [-0.05, 0) is 6.42 Å². The zero-order valence-corrected chi connectivity index (χ0v) is 8.86. The van der Waals surface area contributed by atoms with Gasteiger partial charge in [-0.25, -0.2) is 0 Å². The summed E-state index contributed by atoms with van der Waals surface area (Å²) in [4.78, 5) is 0. The predicted molar refractivity (Wildman–Crippen MR) is 54.6 cm³/mol. The second-order valence-electron chi connectivity index (χ2n) is 2.91. The van der Waals surface area contributed by atoms with Gasteiger partial charge in [-0.1, -0.05) is 6.92 Å². The average Bonchev–Trinajstić information content (AvgIpc) is 2.01. The molecule has 0 amide bonds. The van der Waals surface area contributed by atoms with Gasteiger partial charge in [0.05, 0.1) is 0 Å². The quantitative estimate of drug-likeness (QED) is 0.758. The van der Waals surface area contributed by atoms with Gasteiger partial charge in [0, 0.05) is 24.4 Å². The molecule has 0 aliphatic rings. The third kappa shape index (κ3) is 3.30. The Hall–Kier alpha value is -1.15. The van der Waals surface area contributed by atoms with Gasteiger partial charge in [-0.2, -0.15) is 0 Å². The van der Waals surface area contributed by atoms with E-state index in [1.807, 2.05) is 6.92 Å². The second kappa shape index (κ2) is 4.91. The van der Waals surface area contributed by atoms with Crippen LogP contribution in [-0.2, 0) is 4.57 Å². The van der Waals surface area contributed by atoms with Crippen LogP contribution in [0.15, 0.2) is 18.2 Å². The molecule has 4 nitrogen and oxygen atoms in total. The monoisotopic (exact) mass is 216 g/mol. The highest BCUT2D eigenvalue weighted by Gasteiger charge is 2.03. The number of aromatic hydroxyl groups is 2. The smallest absolute Gasteiger partial charge is 0.236 e. The molecule has 0 spiro atoms. The predicted octanol–water partition coefficient (Wildman–Crippen LogP) is 2.36. The molecule has 0 saturated heterocycles. The topological polar surface area (TPSA) is 66.8 Å². The van der Waals surface area contributed by atoms with E-state index in [-0.39, 0.29) is 17.2 Å². The van der Waals surface area contributed by atoms with Gasteiger partial charge in [-0.15, -0.1) is 0 Å². The lowest BCUT2D eigenvalue weighted by Crippen LogP contribution is -1.84. The molecule has 0 heterocycles. The van der Waals surface area contributed by atoms with Crippen LogP contribution in [0.1, 0.15) is 13.3 Å². The summed E-state index contributed by atoms with van der Waals surface area (Å²) in [6, 6.07) is 3.82. The molecule has 0 saturated carbocycles. The third-order valence-electron chi connectivity index (χ3n) is 1.56. The van der Waals surface area contributed by atoms with E-state index in [4.69, 9.17) is 14.7 Å². The minimum atomic E-state index is -2.10. The van der Waals surface area contributed by atoms with Gasteiger partial charge in [0.25, 0.3) is 0 Å². The van der Waals surface area contributed by atoms with Crippen molar-refractivity contribution in [1.29, 1.82) is 0 Å². The largest absolute Gasteiger partial charge is 0.508 e. The first-order valence-electron chi connectivity index (χ1n) is 4.35. The molecule has 78 valence electrons. The maximum atomic E-state index is 11.2. The van der Waals surface area contributed by atoms with Gasteiger partial charge in [0.1, 0.15) is 17.2 Å². The maximum absolute atomic E-state index is 11.2. The van der Waals surface area contributed by atoms with Crippen LogP contribution in [0, 0.1) is 0 Å². The Morgan fingerprint density at radius 3 is 2.36 bits per heavy atom. The van der Waals surface area contributed by atoms with Crippen LogP contribution in [0.25, 0.3) is 0 Å². The molecule has 2 N–H and O–H groups in total. The lowest BCUT2D eigenvalue weighted by molar-refractivity contribution is 0.442. The molecule has 0 aliphatic heterocycles. The summed E-state index contributed by atoms with van der Waals surface area (Å²) >= 11 is 0. The molecule has 1 rings (SSSR count). The van der Waals surface area contributed by atoms with Gasteiger partial charge in [0.2, 0.25) is 8.03 Å². The van der Waals surface area contributed by atoms with Crippen LogP contribution < -0.4 is 4.52 Å². The van der Waals surface area contributed by atoms with Crippen molar-refractivity contribution in [3.8, 4) is 17.2 Å². The first kappa shape index (κ1) is 10.9. The summed E-state index contributed by atoms with van der Waals surface area (Å²) < 4.78 is 16.3.